The summed E-state index contributed by atoms with van der Waals surface area (Å²) in [7, 11) is 0. The number of benzene rings is 2. The van der Waals surface area contributed by atoms with Crippen LogP contribution in [-0.2, 0) is 10.2 Å². The van der Waals surface area contributed by atoms with Gasteiger partial charge in [-0.25, -0.2) is 4.79 Å². The van der Waals surface area contributed by atoms with Crippen LogP contribution in [0.2, 0.25) is 5.02 Å². The monoisotopic (exact) mass is 479 g/mol. The molecule has 0 N–H and O–H groups in total. The predicted molar refractivity (Wildman–Crippen MR) is 131 cm³/mol. The van der Waals surface area contributed by atoms with Crippen molar-refractivity contribution in [1.82, 2.24) is 15.0 Å². The van der Waals surface area contributed by atoms with Crippen molar-refractivity contribution in [1.29, 1.82) is 0 Å². The molecule has 6 nitrogen and oxygen atoms in total. The third-order valence-corrected chi connectivity index (χ3v) is 7.04. The third-order valence-electron chi connectivity index (χ3n) is 6.79. The van der Waals surface area contributed by atoms with Crippen LogP contribution in [0, 0.1) is 0 Å². The normalized spacial score (nSPS) is 20.9. The zero-order chi connectivity index (χ0) is 23.9. The van der Waals surface area contributed by atoms with Crippen LogP contribution in [0.3, 0.4) is 0 Å². The van der Waals surface area contributed by atoms with Crippen LogP contribution >= 0.6 is 11.6 Å². The molecule has 1 heterocycles. The molecule has 0 spiro atoms. The van der Waals surface area contributed by atoms with E-state index in [0.29, 0.717) is 29.2 Å². The predicted octanol–water partition coefficient (Wildman–Crippen LogP) is 6.60. The smallest absolute Gasteiger partial charge is 0.410 e. The van der Waals surface area contributed by atoms with Crippen LogP contribution in [-0.4, -0.2) is 39.3 Å². The molecule has 1 amide bonds. The Kier molecular flexibility index (Phi) is 5.88. The van der Waals surface area contributed by atoms with E-state index in [4.69, 9.17) is 25.8 Å². The van der Waals surface area contributed by atoms with Crippen molar-refractivity contribution in [2.45, 2.75) is 69.4 Å². The van der Waals surface area contributed by atoms with Gasteiger partial charge in [0.2, 0.25) is 0 Å². The van der Waals surface area contributed by atoms with Crippen LogP contribution in [0.15, 0.2) is 59.1 Å². The van der Waals surface area contributed by atoms with Crippen LogP contribution in [0.25, 0.3) is 11.5 Å². The molecule has 0 saturated heterocycles. The molecule has 2 aliphatic rings. The SMILES string of the molecule is CC(C)(C)OC(=O)N(CC1(c2noc(-c3ccc(Cl)cc3)n2)CCC1)[C@H]1CC1c1ccccc1. The average Bonchev–Trinajstić information content (AvgIpc) is 3.40. The summed E-state index contributed by atoms with van der Waals surface area (Å²) in [6.07, 6.45) is 3.55. The quantitative estimate of drug-likeness (QED) is 0.398. The third kappa shape index (κ3) is 4.69. The minimum atomic E-state index is -0.562. The zero-order valence-electron chi connectivity index (χ0n) is 19.8. The molecule has 2 aromatic carbocycles. The molecule has 1 unspecified atom stereocenters. The van der Waals surface area contributed by atoms with Crippen molar-refractivity contribution in [2.75, 3.05) is 6.54 Å². The Labute approximate surface area is 205 Å². The van der Waals surface area contributed by atoms with Gasteiger partial charge in [-0.05, 0) is 69.9 Å². The molecule has 7 heteroatoms. The van der Waals surface area contributed by atoms with Gasteiger partial charge in [0.1, 0.15) is 5.60 Å². The van der Waals surface area contributed by atoms with Crippen molar-refractivity contribution < 1.29 is 14.1 Å². The number of amides is 1. The molecule has 0 radical (unpaired) electrons. The van der Waals surface area contributed by atoms with Crippen molar-refractivity contribution in [3.8, 4) is 11.5 Å². The first-order valence-electron chi connectivity index (χ1n) is 11.9. The molecule has 2 saturated carbocycles. The number of aromatic nitrogens is 2. The van der Waals surface area contributed by atoms with E-state index >= 15 is 0 Å². The van der Waals surface area contributed by atoms with E-state index in [2.05, 4.69) is 17.3 Å². The lowest BCUT2D eigenvalue weighted by molar-refractivity contribution is 0.0123. The van der Waals surface area contributed by atoms with Gasteiger partial charge in [-0.15, -0.1) is 0 Å². The molecule has 2 aliphatic carbocycles. The van der Waals surface area contributed by atoms with Crippen LogP contribution in [0.1, 0.15) is 63.8 Å². The summed E-state index contributed by atoms with van der Waals surface area (Å²) in [5.41, 5.74) is 1.20. The van der Waals surface area contributed by atoms with Gasteiger partial charge in [0.05, 0.1) is 5.41 Å². The fourth-order valence-corrected chi connectivity index (χ4v) is 4.88. The van der Waals surface area contributed by atoms with E-state index in [1.54, 1.807) is 12.1 Å². The topological polar surface area (TPSA) is 68.5 Å². The molecule has 5 rings (SSSR count). The lowest BCUT2D eigenvalue weighted by Crippen LogP contribution is -2.50. The molecule has 1 aromatic heterocycles. The number of hydrogen-bond donors (Lipinski definition) is 0. The minimum Gasteiger partial charge on any atom is -0.444 e. The Morgan fingerprint density at radius 2 is 1.85 bits per heavy atom. The molecule has 0 aliphatic heterocycles. The van der Waals surface area contributed by atoms with Gasteiger partial charge in [-0.1, -0.05) is 53.5 Å². The summed E-state index contributed by atoms with van der Waals surface area (Å²) in [6.45, 7) is 6.24. The lowest BCUT2D eigenvalue weighted by atomic mass is 9.67. The molecular weight excluding hydrogens is 450 g/mol. The van der Waals surface area contributed by atoms with E-state index in [0.717, 1.165) is 31.2 Å². The first kappa shape index (κ1) is 22.9. The van der Waals surface area contributed by atoms with Gasteiger partial charge in [0.15, 0.2) is 5.82 Å². The largest absolute Gasteiger partial charge is 0.444 e. The summed E-state index contributed by atoms with van der Waals surface area (Å²) in [5, 5.41) is 5.01. The maximum Gasteiger partial charge on any atom is 0.410 e. The standard InChI is InChI=1S/C27H30ClN3O3/c1-26(2,3)33-25(32)31(22-16-21(22)18-8-5-4-6-9-18)17-27(14-7-15-27)24-29-23(34-30-24)19-10-12-20(28)13-11-19/h4-6,8-13,21-22H,7,14-17H2,1-3H3/t21?,22-/m0/s1. The van der Waals surface area contributed by atoms with Crippen LogP contribution in [0.4, 0.5) is 4.79 Å². The van der Waals surface area contributed by atoms with Crippen LogP contribution < -0.4 is 0 Å². The van der Waals surface area contributed by atoms with E-state index in [9.17, 15) is 4.79 Å². The van der Waals surface area contributed by atoms with E-state index in [1.807, 2.05) is 56.0 Å². The first-order chi connectivity index (χ1) is 16.2. The second-order valence-electron chi connectivity index (χ2n) is 10.5. The summed E-state index contributed by atoms with van der Waals surface area (Å²) in [5.74, 6) is 1.45. The van der Waals surface area contributed by atoms with Gasteiger partial charge in [-0.3, -0.25) is 0 Å². The van der Waals surface area contributed by atoms with E-state index in [-0.39, 0.29) is 17.6 Å². The number of halogens is 1. The number of hydrogen-bond acceptors (Lipinski definition) is 5. The van der Waals surface area contributed by atoms with Gasteiger partial charge in [0, 0.05) is 29.1 Å². The maximum absolute atomic E-state index is 13.4. The lowest BCUT2D eigenvalue weighted by Gasteiger charge is -2.43. The number of ether oxygens (including phenoxy) is 1. The second kappa shape index (κ2) is 8.73. The van der Waals surface area contributed by atoms with E-state index in [1.165, 1.54) is 5.56 Å². The molecule has 178 valence electrons. The number of carbonyl (C=O) groups excluding carboxylic acids is 1. The van der Waals surface area contributed by atoms with Crippen molar-refractivity contribution in [2.24, 2.45) is 0 Å². The molecule has 2 atom stereocenters. The highest BCUT2D eigenvalue weighted by atomic mass is 35.5. The second-order valence-corrected chi connectivity index (χ2v) is 10.9. The minimum absolute atomic E-state index is 0.109. The van der Waals surface area contributed by atoms with Gasteiger partial charge in [-0.2, -0.15) is 4.98 Å². The fraction of sp³-hybridized carbons (Fsp3) is 0.444. The van der Waals surface area contributed by atoms with Crippen molar-refractivity contribution in [3.63, 3.8) is 0 Å². The Balaban J connectivity index is 1.40. The number of rotatable bonds is 6. The van der Waals surface area contributed by atoms with Crippen molar-refractivity contribution >= 4 is 17.7 Å². The number of nitrogens with zero attached hydrogens (tertiary/aromatic N) is 3. The molecule has 0 bridgehead atoms. The highest BCUT2D eigenvalue weighted by Crippen LogP contribution is 2.49. The Hall–Kier alpha value is -2.86. The molecule has 2 fully saturated rings. The summed E-state index contributed by atoms with van der Waals surface area (Å²) < 4.78 is 11.5. The summed E-state index contributed by atoms with van der Waals surface area (Å²) >= 11 is 6.02. The molecular formula is C27H30ClN3O3. The summed E-state index contributed by atoms with van der Waals surface area (Å²) in [6, 6.07) is 17.8. The average molecular weight is 480 g/mol. The Morgan fingerprint density at radius 1 is 1.15 bits per heavy atom. The first-order valence-corrected chi connectivity index (χ1v) is 12.3. The number of carbonyl (C=O) groups is 1. The maximum atomic E-state index is 13.4. The van der Waals surface area contributed by atoms with Gasteiger partial charge < -0.3 is 14.2 Å². The molecule has 34 heavy (non-hydrogen) atoms. The van der Waals surface area contributed by atoms with E-state index < -0.39 is 5.60 Å². The van der Waals surface area contributed by atoms with Gasteiger partial charge >= 0.3 is 6.09 Å². The summed E-state index contributed by atoms with van der Waals surface area (Å²) in [4.78, 5) is 20.0. The fourth-order valence-electron chi connectivity index (χ4n) is 4.75. The highest BCUT2D eigenvalue weighted by molar-refractivity contribution is 6.30. The Morgan fingerprint density at radius 3 is 2.47 bits per heavy atom. The highest BCUT2D eigenvalue weighted by Gasteiger charge is 2.52. The van der Waals surface area contributed by atoms with Crippen LogP contribution in [0.5, 0.6) is 0 Å². The Bertz CT molecular complexity index is 1150. The van der Waals surface area contributed by atoms with Gasteiger partial charge in [0.25, 0.3) is 5.89 Å². The molecule has 3 aromatic rings. The van der Waals surface area contributed by atoms with Crippen molar-refractivity contribution in [3.05, 3.63) is 71.0 Å². The zero-order valence-corrected chi connectivity index (χ0v) is 20.6.